The second kappa shape index (κ2) is 15.6. The molecule has 4 amide bonds. The van der Waals surface area contributed by atoms with Gasteiger partial charge in [0.1, 0.15) is 11.6 Å². The number of benzene rings is 2. The zero-order valence-corrected chi connectivity index (χ0v) is 33.5. The van der Waals surface area contributed by atoms with Crippen molar-refractivity contribution < 1.29 is 28.7 Å². The first kappa shape index (κ1) is 38.7. The van der Waals surface area contributed by atoms with Crippen molar-refractivity contribution in [2.45, 2.75) is 64.5 Å². The first-order valence-corrected chi connectivity index (χ1v) is 20.0. The van der Waals surface area contributed by atoms with Crippen LogP contribution in [0.25, 0.3) is 33.6 Å². The highest BCUT2D eigenvalue weighted by atomic mass is 16.5. The molecule has 2 heterocycles. The number of rotatable bonds is 9. The van der Waals surface area contributed by atoms with Crippen LogP contribution in [0.5, 0.6) is 0 Å². The molecule has 0 aliphatic heterocycles. The number of ether oxygens (including phenoxy) is 2. The minimum atomic E-state index is -0.677. The van der Waals surface area contributed by atoms with Gasteiger partial charge in [-0.2, -0.15) is 0 Å². The van der Waals surface area contributed by atoms with Crippen LogP contribution in [0.4, 0.5) is 9.59 Å². The number of fused-ring (bicyclic) bond motifs is 4. The Balaban J connectivity index is 0.955. The maximum Gasteiger partial charge on any atom is 0.425 e. The number of imidazole rings is 2. The van der Waals surface area contributed by atoms with Gasteiger partial charge in [-0.15, -0.1) is 0 Å². The Hall–Kier alpha value is -6.18. The van der Waals surface area contributed by atoms with Crippen molar-refractivity contribution >= 4 is 24.0 Å². The second-order valence-corrected chi connectivity index (χ2v) is 16.3. The molecule has 0 saturated heterocycles. The van der Waals surface area contributed by atoms with Crippen LogP contribution in [0, 0.1) is 35.5 Å². The summed E-state index contributed by atoms with van der Waals surface area (Å²) in [7, 11) is 2.56. The summed E-state index contributed by atoms with van der Waals surface area (Å²) in [5.41, 5.74) is 11.0. The highest BCUT2D eigenvalue weighted by Gasteiger charge is 2.53. The van der Waals surface area contributed by atoms with Crippen molar-refractivity contribution in [1.82, 2.24) is 40.8 Å². The topological polar surface area (TPSA) is 175 Å². The minimum Gasteiger partial charge on any atom is -0.452 e. The van der Waals surface area contributed by atoms with E-state index in [9.17, 15) is 19.2 Å². The Morgan fingerprint density at radius 1 is 0.586 bits per heavy atom. The molecule has 2 aromatic carbocycles. The molecule has 2 saturated carbocycles. The molecular weight excluding hydrogens is 737 g/mol. The van der Waals surface area contributed by atoms with Crippen molar-refractivity contribution in [2.75, 3.05) is 14.2 Å². The monoisotopic (exact) mass is 786 g/mol. The van der Waals surface area contributed by atoms with Crippen LogP contribution in [0.2, 0.25) is 0 Å². The van der Waals surface area contributed by atoms with E-state index in [1.165, 1.54) is 24.2 Å². The van der Waals surface area contributed by atoms with Gasteiger partial charge in [-0.3, -0.25) is 9.59 Å². The molecule has 4 aliphatic rings. The third kappa shape index (κ3) is 7.05. The van der Waals surface area contributed by atoms with Crippen molar-refractivity contribution in [1.29, 1.82) is 0 Å². The van der Waals surface area contributed by atoms with Gasteiger partial charge in [-0.05, 0) is 86.5 Å². The van der Waals surface area contributed by atoms with Crippen LogP contribution in [-0.2, 0) is 19.1 Å². The van der Waals surface area contributed by atoms with Crippen molar-refractivity contribution in [2.24, 2.45) is 35.5 Å². The lowest BCUT2D eigenvalue weighted by atomic mass is 9.81. The SMILES string of the molecule is COC(=O)NN(C(=O)[C@@H]1C2C=CC(C2)[C@@H]1c1ncc(-c2ccc(-c3ccc(-c4cnc([C@@H]5C6C=CC(C6)[C@@H]5C(=O)N(NC(=O)OC)C(C)C)[nH]4)cc3)cc2)[nH]1)C(C)C. The zero-order valence-electron chi connectivity index (χ0n) is 33.5. The van der Waals surface area contributed by atoms with Crippen molar-refractivity contribution in [3.8, 4) is 33.6 Å². The quantitative estimate of drug-likeness (QED) is 0.104. The highest BCUT2D eigenvalue weighted by Crippen LogP contribution is 2.54. The second-order valence-electron chi connectivity index (χ2n) is 16.3. The van der Waals surface area contributed by atoms with E-state index in [4.69, 9.17) is 19.4 Å². The van der Waals surface area contributed by atoms with Gasteiger partial charge in [0.2, 0.25) is 11.8 Å². The molecule has 14 nitrogen and oxygen atoms in total. The molecule has 4 aromatic rings. The number of carbonyl (C=O) groups is 4. The summed E-state index contributed by atoms with van der Waals surface area (Å²) in [6, 6.07) is 16.1. The number of aromatic amines is 2. The number of hydrogen-bond donors (Lipinski definition) is 4. The van der Waals surface area contributed by atoms with Gasteiger partial charge >= 0.3 is 12.2 Å². The number of allylic oxidation sites excluding steroid dienone is 4. The van der Waals surface area contributed by atoms with Crippen LogP contribution in [-0.4, -0.2) is 80.3 Å². The number of hydrazine groups is 2. The van der Waals surface area contributed by atoms with Gasteiger partial charge in [0.15, 0.2) is 0 Å². The van der Waals surface area contributed by atoms with Gasteiger partial charge < -0.3 is 19.4 Å². The highest BCUT2D eigenvalue weighted by molar-refractivity contribution is 5.85. The Morgan fingerprint density at radius 3 is 1.28 bits per heavy atom. The van der Waals surface area contributed by atoms with E-state index in [1.807, 2.05) is 40.1 Å². The van der Waals surface area contributed by atoms with Gasteiger partial charge in [0.05, 0.1) is 49.8 Å². The summed E-state index contributed by atoms with van der Waals surface area (Å²) in [5.74, 6) is 0.733. The van der Waals surface area contributed by atoms with Gasteiger partial charge in [0.25, 0.3) is 0 Å². The molecule has 0 radical (unpaired) electrons. The maximum atomic E-state index is 13.9. The Kier molecular flexibility index (Phi) is 10.4. The van der Waals surface area contributed by atoms with Gasteiger partial charge in [-0.1, -0.05) is 72.8 Å². The average Bonchev–Trinajstić information content (AvgIpc) is 4.10. The third-order valence-corrected chi connectivity index (χ3v) is 12.3. The number of amides is 4. The normalized spacial score (nSPS) is 25.0. The zero-order chi connectivity index (χ0) is 40.8. The largest absolute Gasteiger partial charge is 0.452 e. The van der Waals surface area contributed by atoms with E-state index in [0.717, 1.165) is 58.1 Å². The fourth-order valence-electron chi connectivity index (χ4n) is 9.54. The van der Waals surface area contributed by atoms with E-state index in [2.05, 4.69) is 93.7 Å². The molecule has 4 aliphatic carbocycles. The number of H-pyrrole nitrogens is 2. The molecule has 4 bridgehead atoms. The van der Waals surface area contributed by atoms with E-state index < -0.39 is 12.2 Å². The lowest BCUT2D eigenvalue weighted by Gasteiger charge is -2.33. The number of aromatic nitrogens is 4. The number of methoxy groups -OCH3 is 2. The Bertz CT molecular complexity index is 2080. The molecule has 4 unspecified atom stereocenters. The fourth-order valence-corrected chi connectivity index (χ4v) is 9.54. The molecule has 2 aromatic heterocycles. The van der Waals surface area contributed by atoms with E-state index in [-0.39, 0.29) is 71.2 Å². The first-order valence-electron chi connectivity index (χ1n) is 20.0. The van der Waals surface area contributed by atoms with Gasteiger partial charge in [-0.25, -0.2) is 40.4 Å². The van der Waals surface area contributed by atoms with E-state index >= 15 is 0 Å². The van der Waals surface area contributed by atoms with Crippen LogP contribution in [0.15, 0.2) is 85.2 Å². The van der Waals surface area contributed by atoms with E-state index in [0.29, 0.717) is 0 Å². The lowest BCUT2D eigenvalue weighted by molar-refractivity contribution is -0.142. The third-order valence-electron chi connectivity index (χ3n) is 12.3. The summed E-state index contributed by atoms with van der Waals surface area (Å²) < 4.78 is 9.56. The van der Waals surface area contributed by atoms with Crippen LogP contribution in [0.1, 0.15) is 64.0 Å². The van der Waals surface area contributed by atoms with E-state index in [1.54, 1.807) is 0 Å². The van der Waals surface area contributed by atoms with Crippen LogP contribution >= 0.6 is 0 Å². The molecular formula is C44H50N8O6. The fraction of sp³-hybridized carbons (Fsp3) is 0.409. The summed E-state index contributed by atoms with van der Waals surface area (Å²) >= 11 is 0. The summed E-state index contributed by atoms with van der Waals surface area (Å²) in [5, 5.41) is 2.76. The molecule has 2 fully saturated rings. The molecule has 8 atom stereocenters. The Morgan fingerprint density at radius 2 is 0.931 bits per heavy atom. The molecule has 0 spiro atoms. The molecule has 58 heavy (non-hydrogen) atoms. The molecule has 4 N–H and O–H groups in total. The minimum absolute atomic E-state index is 0.0693. The van der Waals surface area contributed by atoms with Crippen molar-refractivity contribution in [3.05, 3.63) is 96.9 Å². The average molecular weight is 787 g/mol. The summed E-state index contributed by atoms with van der Waals surface area (Å²) in [4.78, 5) is 68.5. The number of carbonyl (C=O) groups excluding carboxylic acids is 4. The molecule has 8 rings (SSSR count). The standard InChI is InChI=1S/C44H50N8O6/c1-23(2)51(49-43(55)57-5)41(53)37-31-17-15-29(19-31)35(37)39-45-21-33(47-39)27-11-7-25(8-12-27)26-9-13-28(14-10-26)34-22-46-40(48-34)36-30-16-18-32(20-30)38(36)42(54)52(24(3)4)50-44(56)58-6/h7-18,21-24,29-32,35-38H,19-20H2,1-6H3,(H,45,47)(H,46,48)(H,49,55)(H,50,56)/t29?,30?,31?,32?,35-,36+,37+,38-. The molecule has 302 valence electrons. The maximum absolute atomic E-state index is 13.9. The summed E-state index contributed by atoms with van der Waals surface area (Å²) in [6.45, 7) is 7.44. The first-order chi connectivity index (χ1) is 27.9. The van der Waals surface area contributed by atoms with Crippen LogP contribution in [0.3, 0.4) is 0 Å². The predicted octanol–water partition coefficient (Wildman–Crippen LogP) is 6.96. The van der Waals surface area contributed by atoms with Gasteiger partial charge in [0, 0.05) is 23.9 Å². The Labute approximate surface area is 337 Å². The number of hydrogen-bond acceptors (Lipinski definition) is 8. The number of nitrogens with one attached hydrogen (secondary N) is 4. The molecule has 14 heteroatoms. The van der Waals surface area contributed by atoms with Crippen LogP contribution < -0.4 is 10.9 Å². The number of nitrogens with zero attached hydrogens (tertiary/aromatic N) is 4. The lowest BCUT2D eigenvalue weighted by Crippen LogP contribution is -2.53. The smallest absolute Gasteiger partial charge is 0.425 e. The summed E-state index contributed by atoms with van der Waals surface area (Å²) in [6.07, 6.45) is 12.6. The van der Waals surface area contributed by atoms with Crippen molar-refractivity contribution in [3.63, 3.8) is 0 Å². The predicted molar refractivity (Wildman–Crippen MR) is 216 cm³/mol.